The minimum atomic E-state index is 0.728. The fraction of sp³-hybridized carbons (Fsp3) is 0.278. The molecule has 0 atom stereocenters. The lowest BCUT2D eigenvalue weighted by Crippen LogP contribution is -2.45. The van der Waals surface area contributed by atoms with E-state index in [0.29, 0.717) is 0 Å². The van der Waals surface area contributed by atoms with Gasteiger partial charge in [-0.3, -0.25) is 9.88 Å². The fourth-order valence-electron chi connectivity index (χ4n) is 3.19. The summed E-state index contributed by atoms with van der Waals surface area (Å²) in [5, 5.41) is 1.90. The molecular weight excluding hydrogens is 361 g/mol. The summed E-state index contributed by atoms with van der Waals surface area (Å²) < 4.78 is 0.866. The molecule has 0 bridgehead atoms. The zero-order valence-electron chi connectivity index (χ0n) is 13.1. The molecule has 0 amide bonds. The van der Waals surface area contributed by atoms with Crippen LogP contribution in [0.1, 0.15) is 4.88 Å². The lowest BCUT2D eigenvalue weighted by atomic mass is 10.1. The van der Waals surface area contributed by atoms with Crippen LogP contribution >= 0.6 is 34.5 Å². The first-order valence-corrected chi connectivity index (χ1v) is 9.52. The molecule has 3 heterocycles. The number of piperazine rings is 1. The standard InChI is InChI=1S/C18H17Cl2N3S/c19-13-1-3-15-16(11-13)21-6-5-17(15)23-9-7-22(8-10-23)12-14-2-4-18(20)24-14/h1-6,11H,7-10,12H2. The van der Waals surface area contributed by atoms with Crippen molar-refractivity contribution in [2.24, 2.45) is 0 Å². The van der Waals surface area contributed by atoms with Gasteiger partial charge in [0.2, 0.25) is 0 Å². The van der Waals surface area contributed by atoms with E-state index in [0.717, 1.165) is 47.6 Å². The predicted octanol–water partition coefficient (Wildman–Crippen LogP) is 4.93. The molecule has 124 valence electrons. The first-order valence-electron chi connectivity index (χ1n) is 7.95. The molecule has 2 aromatic heterocycles. The van der Waals surface area contributed by atoms with Crippen molar-refractivity contribution in [1.82, 2.24) is 9.88 Å². The van der Waals surface area contributed by atoms with E-state index in [2.05, 4.69) is 33.0 Å². The van der Waals surface area contributed by atoms with Gasteiger partial charge in [0.15, 0.2) is 0 Å². The first-order chi connectivity index (χ1) is 11.7. The number of pyridine rings is 1. The number of aromatic nitrogens is 1. The highest BCUT2D eigenvalue weighted by atomic mass is 35.5. The van der Waals surface area contributed by atoms with Crippen LogP contribution in [0.5, 0.6) is 0 Å². The summed E-state index contributed by atoms with van der Waals surface area (Å²) in [6.45, 7) is 5.11. The predicted molar refractivity (Wildman–Crippen MR) is 104 cm³/mol. The minimum absolute atomic E-state index is 0.728. The molecule has 3 aromatic rings. The molecule has 0 saturated carbocycles. The zero-order valence-corrected chi connectivity index (χ0v) is 15.4. The molecule has 1 aromatic carbocycles. The van der Waals surface area contributed by atoms with Crippen molar-refractivity contribution in [3.05, 3.63) is 56.8 Å². The highest BCUT2D eigenvalue weighted by Gasteiger charge is 2.19. The molecule has 0 N–H and O–H groups in total. The summed E-state index contributed by atoms with van der Waals surface area (Å²) >= 11 is 13.8. The smallest absolute Gasteiger partial charge is 0.0931 e. The molecule has 1 aliphatic rings. The van der Waals surface area contributed by atoms with Gasteiger partial charge in [0.1, 0.15) is 0 Å². The second-order valence-electron chi connectivity index (χ2n) is 5.96. The lowest BCUT2D eigenvalue weighted by molar-refractivity contribution is 0.252. The van der Waals surface area contributed by atoms with E-state index >= 15 is 0 Å². The Morgan fingerprint density at radius 3 is 2.58 bits per heavy atom. The molecule has 0 spiro atoms. The van der Waals surface area contributed by atoms with E-state index in [-0.39, 0.29) is 0 Å². The summed E-state index contributed by atoms with van der Waals surface area (Å²) in [7, 11) is 0. The van der Waals surface area contributed by atoms with Crippen molar-refractivity contribution >= 4 is 51.1 Å². The molecule has 4 rings (SSSR count). The van der Waals surface area contributed by atoms with E-state index in [1.165, 1.54) is 16.0 Å². The molecule has 1 saturated heterocycles. The van der Waals surface area contributed by atoms with E-state index in [1.807, 2.05) is 24.4 Å². The molecule has 1 fully saturated rings. The van der Waals surface area contributed by atoms with E-state index < -0.39 is 0 Å². The van der Waals surface area contributed by atoms with Crippen molar-refractivity contribution in [2.45, 2.75) is 6.54 Å². The Kier molecular flexibility index (Phi) is 4.63. The SMILES string of the molecule is Clc1ccc2c(N3CCN(Cc4ccc(Cl)s4)CC3)ccnc2c1. The molecule has 6 heteroatoms. The maximum atomic E-state index is 6.09. The Hall–Kier alpha value is -1.33. The minimum Gasteiger partial charge on any atom is -0.368 e. The van der Waals surface area contributed by atoms with Gasteiger partial charge in [-0.05, 0) is 36.4 Å². The summed E-state index contributed by atoms with van der Waals surface area (Å²) in [6.07, 6.45) is 1.87. The third-order valence-corrected chi connectivity index (χ3v) is 5.85. The van der Waals surface area contributed by atoms with Crippen molar-refractivity contribution in [1.29, 1.82) is 0 Å². The van der Waals surface area contributed by atoms with Gasteiger partial charge in [0.25, 0.3) is 0 Å². The van der Waals surface area contributed by atoms with Crippen molar-refractivity contribution < 1.29 is 0 Å². The van der Waals surface area contributed by atoms with Crippen molar-refractivity contribution in [3.8, 4) is 0 Å². The molecule has 0 unspecified atom stereocenters. The Bertz CT molecular complexity index is 856. The van der Waals surface area contributed by atoms with Gasteiger partial charge < -0.3 is 4.90 Å². The van der Waals surface area contributed by atoms with Gasteiger partial charge in [0, 0.05) is 59.9 Å². The average Bonchev–Trinajstić information content (AvgIpc) is 3.00. The number of thiophene rings is 1. The second kappa shape index (κ2) is 6.89. The van der Waals surface area contributed by atoms with E-state index in [1.54, 1.807) is 11.3 Å². The lowest BCUT2D eigenvalue weighted by Gasteiger charge is -2.36. The van der Waals surface area contributed by atoms with Gasteiger partial charge in [-0.2, -0.15) is 0 Å². The van der Waals surface area contributed by atoms with Crippen LogP contribution in [0.3, 0.4) is 0 Å². The number of halogens is 2. The monoisotopic (exact) mass is 377 g/mol. The van der Waals surface area contributed by atoms with E-state index in [9.17, 15) is 0 Å². The fourth-order valence-corrected chi connectivity index (χ4v) is 4.48. The second-order valence-corrected chi connectivity index (χ2v) is 8.20. The number of nitrogens with zero attached hydrogens (tertiary/aromatic N) is 3. The van der Waals surface area contributed by atoms with Gasteiger partial charge >= 0.3 is 0 Å². The van der Waals surface area contributed by atoms with Crippen LogP contribution in [0.4, 0.5) is 5.69 Å². The Morgan fingerprint density at radius 1 is 1.00 bits per heavy atom. The van der Waals surface area contributed by atoms with Crippen LogP contribution in [0.25, 0.3) is 10.9 Å². The van der Waals surface area contributed by atoms with Crippen LogP contribution < -0.4 is 4.90 Å². The maximum Gasteiger partial charge on any atom is 0.0931 e. The summed E-state index contributed by atoms with van der Waals surface area (Å²) in [4.78, 5) is 10.7. The van der Waals surface area contributed by atoms with Gasteiger partial charge in [-0.25, -0.2) is 0 Å². The number of hydrogen-bond donors (Lipinski definition) is 0. The van der Waals surface area contributed by atoms with Crippen LogP contribution in [0, 0.1) is 0 Å². The normalized spacial score (nSPS) is 16.0. The number of anilines is 1. The van der Waals surface area contributed by atoms with Gasteiger partial charge in [-0.15, -0.1) is 11.3 Å². The molecular formula is C18H17Cl2N3S. The van der Waals surface area contributed by atoms with E-state index in [4.69, 9.17) is 23.2 Å². The largest absolute Gasteiger partial charge is 0.368 e. The average molecular weight is 378 g/mol. The van der Waals surface area contributed by atoms with Crippen LogP contribution in [0.15, 0.2) is 42.6 Å². The number of benzene rings is 1. The van der Waals surface area contributed by atoms with Crippen molar-refractivity contribution in [2.75, 3.05) is 31.1 Å². The summed E-state index contributed by atoms with van der Waals surface area (Å²) in [6, 6.07) is 12.1. The number of rotatable bonds is 3. The third kappa shape index (κ3) is 3.38. The molecule has 24 heavy (non-hydrogen) atoms. The molecule has 1 aliphatic heterocycles. The highest BCUT2D eigenvalue weighted by Crippen LogP contribution is 2.29. The number of fused-ring (bicyclic) bond motifs is 1. The number of hydrogen-bond acceptors (Lipinski definition) is 4. The van der Waals surface area contributed by atoms with Crippen LogP contribution in [0.2, 0.25) is 9.36 Å². The highest BCUT2D eigenvalue weighted by molar-refractivity contribution is 7.16. The first kappa shape index (κ1) is 16.2. The summed E-state index contributed by atoms with van der Waals surface area (Å²) in [5.74, 6) is 0. The van der Waals surface area contributed by atoms with Crippen molar-refractivity contribution in [3.63, 3.8) is 0 Å². The maximum absolute atomic E-state index is 6.09. The van der Waals surface area contributed by atoms with Crippen LogP contribution in [-0.2, 0) is 6.54 Å². The molecule has 3 nitrogen and oxygen atoms in total. The summed E-state index contributed by atoms with van der Waals surface area (Å²) in [5.41, 5.74) is 2.20. The van der Waals surface area contributed by atoms with Gasteiger partial charge in [0.05, 0.1) is 9.85 Å². The Balaban J connectivity index is 1.48. The zero-order chi connectivity index (χ0) is 16.5. The Morgan fingerprint density at radius 2 is 1.83 bits per heavy atom. The quantitative estimate of drug-likeness (QED) is 0.645. The topological polar surface area (TPSA) is 19.4 Å². The molecule has 0 radical (unpaired) electrons. The molecule has 0 aliphatic carbocycles. The third-order valence-electron chi connectivity index (χ3n) is 4.40. The van der Waals surface area contributed by atoms with Crippen LogP contribution in [-0.4, -0.2) is 36.1 Å². The Labute approximate surface area is 155 Å². The van der Waals surface area contributed by atoms with Gasteiger partial charge in [-0.1, -0.05) is 23.2 Å².